The van der Waals surface area contributed by atoms with Crippen molar-refractivity contribution >= 4 is 15.9 Å². The van der Waals surface area contributed by atoms with E-state index in [1.54, 1.807) is 13.2 Å². The Morgan fingerprint density at radius 3 is 2.70 bits per heavy atom. The number of rotatable bonds is 5. The Labute approximate surface area is 125 Å². The van der Waals surface area contributed by atoms with E-state index < -0.39 is 5.82 Å². The van der Waals surface area contributed by atoms with E-state index in [-0.39, 0.29) is 19.0 Å². The van der Waals surface area contributed by atoms with Crippen LogP contribution in [0.2, 0.25) is 0 Å². The fraction of sp³-hybridized carbons (Fsp3) is 0.200. The standard InChI is InChI=1S/C15H14BrFO3/c1-19-12-5-6-13(16)11(7-12)9-20-15-10(8-18)3-2-4-14(15)17/h2-7,18H,8-9H2,1H3. The summed E-state index contributed by atoms with van der Waals surface area (Å²) in [5.74, 6) is 0.281. The molecule has 0 radical (unpaired) electrons. The van der Waals surface area contributed by atoms with Crippen LogP contribution in [0.1, 0.15) is 11.1 Å². The van der Waals surface area contributed by atoms with Gasteiger partial charge in [0.1, 0.15) is 12.4 Å². The van der Waals surface area contributed by atoms with Crippen molar-refractivity contribution in [2.75, 3.05) is 7.11 Å². The summed E-state index contributed by atoms with van der Waals surface area (Å²) in [5.41, 5.74) is 1.25. The molecule has 0 unspecified atom stereocenters. The van der Waals surface area contributed by atoms with Gasteiger partial charge in [-0.05, 0) is 24.3 Å². The molecule has 0 aliphatic rings. The molecule has 5 heteroatoms. The predicted octanol–water partition coefficient (Wildman–Crippen LogP) is 3.67. The molecule has 0 atom stereocenters. The predicted molar refractivity (Wildman–Crippen MR) is 77.3 cm³/mol. The molecule has 0 spiro atoms. The first-order valence-electron chi connectivity index (χ1n) is 5.99. The molecule has 0 heterocycles. The fourth-order valence-corrected chi connectivity index (χ4v) is 2.14. The van der Waals surface area contributed by atoms with Crippen molar-refractivity contribution in [3.63, 3.8) is 0 Å². The molecule has 0 saturated carbocycles. The van der Waals surface area contributed by atoms with Gasteiger partial charge in [0, 0.05) is 15.6 Å². The SMILES string of the molecule is COc1ccc(Br)c(COc2c(F)cccc2CO)c1. The van der Waals surface area contributed by atoms with Gasteiger partial charge in [0.05, 0.1) is 13.7 Å². The summed E-state index contributed by atoms with van der Waals surface area (Å²) in [4.78, 5) is 0. The van der Waals surface area contributed by atoms with Crippen LogP contribution < -0.4 is 9.47 Å². The highest BCUT2D eigenvalue weighted by Crippen LogP contribution is 2.27. The van der Waals surface area contributed by atoms with Crippen molar-refractivity contribution < 1.29 is 19.0 Å². The van der Waals surface area contributed by atoms with Crippen LogP contribution in [0.4, 0.5) is 4.39 Å². The summed E-state index contributed by atoms with van der Waals surface area (Å²) >= 11 is 3.41. The minimum atomic E-state index is -0.490. The lowest BCUT2D eigenvalue weighted by atomic mass is 10.2. The van der Waals surface area contributed by atoms with Gasteiger partial charge in [0.25, 0.3) is 0 Å². The van der Waals surface area contributed by atoms with E-state index in [1.807, 2.05) is 18.2 Å². The molecular formula is C15H14BrFO3. The first-order chi connectivity index (χ1) is 9.65. The molecule has 3 nitrogen and oxygen atoms in total. The Morgan fingerprint density at radius 1 is 1.20 bits per heavy atom. The van der Waals surface area contributed by atoms with Crippen LogP contribution in [-0.2, 0) is 13.2 Å². The van der Waals surface area contributed by atoms with E-state index >= 15 is 0 Å². The minimum absolute atomic E-state index is 0.0738. The zero-order valence-electron chi connectivity index (χ0n) is 10.9. The second-order valence-electron chi connectivity index (χ2n) is 4.13. The number of hydrogen-bond acceptors (Lipinski definition) is 3. The lowest BCUT2D eigenvalue weighted by molar-refractivity contribution is 0.251. The zero-order valence-corrected chi connectivity index (χ0v) is 12.5. The van der Waals surface area contributed by atoms with E-state index in [0.717, 1.165) is 10.0 Å². The zero-order chi connectivity index (χ0) is 14.5. The molecular weight excluding hydrogens is 327 g/mol. The molecule has 0 fully saturated rings. The number of aliphatic hydroxyl groups excluding tert-OH is 1. The molecule has 2 aromatic rings. The van der Waals surface area contributed by atoms with Gasteiger partial charge in [-0.25, -0.2) is 4.39 Å². The van der Waals surface area contributed by atoms with Crippen LogP contribution in [0, 0.1) is 5.82 Å². The summed E-state index contributed by atoms with van der Waals surface area (Å²) in [6.45, 7) is -0.0991. The van der Waals surface area contributed by atoms with Gasteiger partial charge in [-0.15, -0.1) is 0 Å². The monoisotopic (exact) mass is 340 g/mol. The smallest absolute Gasteiger partial charge is 0.165 e. The van der Waals surface area contributed by atoms with Crippen LogP contribution in [0.3, 0.4) is 0 Å². The van der Waals surface area contributed by atoms with Gasteiger partial charge < -0.3 is 14.6 Å². The normalized spacial score (nSPS) is 10.4. The Hall–Kier alpha value is -1.59. The number of methoxy groups -OCH3 is 1. The Bertz CT molecular complexity index is 602. The average molecular weight is 341 g/mol. The molecule has 1 N–H and O–H groups in total. The van der Waals surface area contributed by atoms with E-state index in [2.05, 4.69) is 15.9 Å². The highest BCUT2D eigenvalue weighted by atomic mass is 79.9. The molecule has 0 aliphatic carbocycles. The summed E-state index contributed by atoms with van der Waals surface area (Å²) in [7, 11) is 1.58. The topological polar surface area (TPSA) is 38.7 Å². The number of ether oxygens (including phenoxy) is 2. The average Bonchev–Trinajstić information content (AvgIpc) is 2.47. The van der Waals surface area contributed by atoms with Gasteiger partial charge in [-0.3, -0.25) is 0 Å². The summed E-state index contributed by atoms with van der Waals surface area (Å²) in [6, 6.07) is 9.93. The van der Waals surface area contributed by atoms with Crippen LogP contribution in [-0.4, -0.2) is 12.2 Å². The van der Waals surface area contributed by atoms with Crippen molar-refractivity contribution in [3.8, 4) is 11.5 Å². The van der Waals surface area contributed by atoms with Gasteiger partial charge in [0.2, 0.25) is 0 Å². The number of benzene rings is 2. The van der Waals surface area contributed by atoms with E-state index in [4.69, 9.17) is 9.47 Å². The third kappa shape index (κ3) is 3.29. The van der Waals surface area contributed by atoms with Crippen molar-refractivity contribution in [1.29, 1.82) is 0 Å². The van der Waals surface area contributed by atoms with Crippen LogP contribution in [0.15, 0.2) is 40.9 Å². The van der Waals surface area contributed by atoms with Gasteiger partial charge >= 0.3 is 0 Å². The Morgan fingerprint density at radius 2 is 2.00 bits per heavy atom. The molecule has 0 aromatic heterocycles. The third-order valence-electron chi connectivity index (χ3n) is 2.84. The van der Waals surface area contributed by atoms with Crippen LogP contribution in [0.5, 0.6) is 11.5 Å². The van der Waals surface area contributed by atoms with E-state index in [9.17, 15) is 9.50 Å². The highest BCUT2D eigenvalue weighted by molar-refractivity contribution is 9.10. The van der Waals surface area contributed by atoms with Crippen molar-refractivity contribution in [3.05, 3.63) is 57.8 Å². The molecule has 0 amide bonds. The first kappa shape index (κ1) is 14.8. The summed E-state index contributed by atoms with van der Waals surface area (Å²) < 4.78 is 25.2. The van der Waals surface area contributed by atoms with Crippen LogP contribution >= 0.6 is 15.9 Å². The van der Waals surface area contributed by atoms with Gasteiger partial charge in [0.15, 0.2) is 11.6 Å². The van der Waals surface area contributed by atoms with E-state index in [0.29, 0.717) is 11.3 Å². The number of halogens is 2. The molecule has 2 aromatic carbocycles. The molecule has 0 bridgehead atoms. The molecule has 20 heavy (non-hydrogen) atoms. The first-order valence-corrected chi connectivity index (χ1v) is 6.78. The van der Waals surface area contributed by atoms with Crippen LogP contribution in [0.25, 0.3) is 0 Å². The maximum absolute atomic E-state index is 13.7. The number of aliphatic hydroxyl groups is 1. The van der Waals surface area contributed by atoms with Crippen molar-refractivity contribution in [2.24, 2.45) is 0 Å². The third-order valence-corrected chi connectivity index (χ3v) is 3.62. The largest absolute Gasteiger partial charge is 0.497 e. The number of para-hydroxylation sites is 1. The molecule has 2 rings (SSSR count). The maximum atomic E-state index is 13.7. The number of hydrogen-bond donors (Lipinski definition) is 1. The van der Waals surface area contributed by atoms with Crippen molar-refractivity contribution in [2.45, 2.75) is 13.2 Å². The summed E-state index contributed by atoms with van der Waals surface area (Å²) in [5, 5.41) is 9.20. The molecule has 0 saturated heterocycles. The van der Waals surface area contributed by atoms with E-state index in [1.165, 1.54) is 12.1 Å². The Balaban J connectivity index is 2.21. The molecule has 0 aliphatic heterocycles. The van der Waals surface area contributed by atoms with Gasteiger partial charge in [-0.1, -0.05) is 28.1 Å². The highest BCUT2D eigenvalue weighted by Gasteiger charge is 2.10. The van der Waals surface area contributed by atoms with Crippen molar-refractivity contribution in [1.82, 2.24) is 0 Å². The summed E-state index contributed by atoms with van der Waals surface area (Å²) in [6.07, 6.45) is 0. The van der Waals surface area contributed by atoms with Gasteiger partial charge in [-0.2, -0.15) is 0 Å². The lowest BCUT2D eigenvalue weighted by Gasteiger charge is -2.12. The minimum Gasteiger partial charge on any atom is -0.497 e. The maximum Gasteiger partial charge on any atom is 0.165 e. The Kier molecular flexibility index (Phi) is 4.98. The molecule has 106 valence electrons. The second kappa shape index (κ2) is 6.72. The fourth-order valence-electron chi connectivity index (χ4n) is 1.78. The second-order valence-corrected chi connectivity index (χ2v) is 4.99. The lowest BCUT2D eigenvalue weighted by Crippen LogP contribution is -2.02. The quantitative estimate of drug-likeness (QED) is 0.902.